The lowest BCUT2D eigenvalue weighted by Crippen LogP contribution is -1.86. The van der Waals surface area contributed by atoms with Gasteiger partial charge in [-0.3, -0.25) is 4.79 Å². The Balaban J connectivity index is -0.0000000133. The molecule has 0 aliphatic carbocycles. The standard InChI is InChI=1S/C3H6O2.2ClH.2H2O/c1-2-3(4)5;;;;/h2H2,1H3,(H,4,5);2*1H;2*1H2. The highest BCUT2D eigenvalue weighted by molar-refractivity contribution is 5.85. The van der Waals surface area contributed by atoms with Crippen LogP contribution in [0, 0.1) is 0 Å². The van der Waals surface area contributed by atoms with Crippen molar-refractivity contribution in [2.24, 2.45) is 0 Å². The van der Waals surface area contributed by atoms with Crippen LogP contribution >= 0.6 is 24.8 Å². The van der Waals surface area contributed by atoms with E-state index in [1.807, 2.05) is 0 Å². The molecular weight excluding hydrogens is 171 g/mol. The van der Waals surface area contributed by atoms with Crippen LogP contribution in [0.2, 0.25) is 0 Å². The predicted molar refractivity (Wildman–Crippen MR) is 39.7 cm³/mol. The molecule has 0 fully saturated rings. The molecule has 6 heteroatoms. The largest absolute Gasteiger partial charge is 0.481 e. The minimum atomic E-state index is -0.745. The third kappa shape index (κ3) is 73.2. The molecule has 0 spiro atoms. The summed E-state index contributed by atoms with van der Waals surface area (Å²) in [6.45, 7) is 1.60. The van der Waals surface area contributed by atoms with Crippen LogP contribution in [0.5, 0.6) is 0 Å². The molecule has 9 heavy (non-hydrogen) atoms. The summed E-state index contributed by atoms with van der Waals surface area (Å²) in [4.78, 5) is 9.37. The van der Waals surface area contributed by atoms with Gasteiger partial charge in [0.05, 0.1) is 0 Å². The summed E-state index contributed by atoms with van der Waals surface area (Å²) in [5.41, 5.74) is 0. The highest BCUT2D eigenvalue weighted by Gasteiger charge is 1.80. The van der Waals surface area contributed by atoms with Crippen molar-refractivity contribution in [3.8, 4) is 0 Å². The SMILES string of the molecule is CCC(=O)O.Cl.Cl.O.O. The molecule has 0 aromatic heterocycles. The van der Waals surface area contributed by atoms with Crippen LogP contribution in [0.1, 0.15) is 13.3 Å². The second-order valence-electron chi connectivity index (χ2n) is 0.747. The summed E-state index contributed by atoms with van der Waals surface area (Å²) in [6, 6.07) is 0. The van der Waals surface area contributed by atoms with E-state index in [0.717, 1.165) is 0 Å². The van der Waals surface area contributed by atoms with Crippen LogP contribution in [0.15, 0.2) is 0 Å². The van der Waals surface area contributed by atoms with Crippen molar-refractivity contribution in [1.29, 1.82) is 0 Å². The minimum Gasteiger partial charge on any atom is -0.481 e. The van der Waals surface area contributed by atoms with Gasteiger partial charge in [-0.1, -0.05) is 6.92 Å². The van der Waals surface area contributed by atoms with Crippen LogP contribution in [0.25, 0.3) is 0 Å². The smallest absolute Gasteiger partial charge is 0.303 e. The molecule has 0 aliphatic heterocycles. The van der Waals surface area contributed by atoms with Crippen LogP contribution < -0.4 is 0 Å². The molecule has 0 atom stereocenters. The maximum atomic E-state index is 9.37. The lowest BCUT2D eigenvalue weighted by Gasteiger charge is -1.71. The van der Waals surface area contributed by atoms with Crippen molar-refractivity contribution >= 4 is 30.8 Å². The Kier molecular flexibility index (Phi) is 98.7. The highest BCUT2D eigenvalue weighted by Crippen LogP contribution is 1.67. The molecule has 0 radical (unpaired) electrons. The minimum absolute atomic E-state index is 0. The van der Waals surface area contributed by atoms with Gasteiger partial charge in [-0.05, 0) is 0 Å². The van der Waals surface area contributed by atoms with E-state index in [-0.39, 0.29) is 42.2 Å². The van der Waals surface area contributed by atoms with Gasteiger partial charge in [0.2, 0.25) is 0 Å². The first-order valence-corrected chi connectivity index (χ1v) is 1.49. The average Bonchev–Trinajstić information content (AvgIpc) is 1.38. The second-order valence-corrected chi connectivity index (χ2v) is 0.747. The fourth-order valence-corrected chi connectivity index (χ4v) is 0. The molecule has 0 heterocycles. The molecule has 0 saturated heterocycles. The maximum absolute atomic E-state index is 9.37. The number of hydrogen-bond donors (Lipinski definition) is 1. The Morgan fingerprint density at radius 2 is 1.44 bits per heavy atom. The summed E-state index contributed by atoms with van der Waals surface area (Å²) in [5.74, 6) is -0.745. The average molecular weight is 183 g/mol. The second kappa shape index (κ2) is 24.6. The van der Waals surface area contributed by atoms with E-state index in [9.17, 15) is 4.79 Å². The van der Waals surface area contributed by atoms with E-state index in [2.05, 4.69) is 0 Å². The molecule has 4 nitrogen and oxygen atoms in total. The van der Waals surface area contributed by atoms with Crippen LogP contribution in [-0.4, -0.2) is 22.0 Å². The molecule has 0 unspecified atom stereocenters. The van der Waals surface area contributed by atoms with E-state index in [0.29, 0.717) is 0 Å². The Labute approximate surface area is 65.7 Å². The fourth-order valence-electron chi connectivity index (χ4n) is 0. The maximum Gasteiger partial charge on any atom is 0.303 e. The first kappa shape index (κ1) is 36.2. The van der Waals surface area contributed by atoms with Gasteiger partial charge in [-0.2, -0.15) is 0 Å². The molecule has 62 valence electrons. The zero-order chi connectivity index (χ0) is 4.28. The molecule has 0 aliphatic rings. The monoisotopic (exact) mass is 182 g/mol. The first-order chi connectivity index (χ1) is 2.27. The third-order valence-corrected chi connectivity index (χ3v) is 0.302. The van der Waals surface area contributed by atoms with Crippen molar-refractivity contribution < 1.29 is 20.9 Å². The Hall–Kier alpha value is -0.0300. The van der Waals surface area contributed by atoms with Crippen molar-refractivity contribution in [3.63, 3.8) is 0 Å². The number of carboxylic acids is 1. The van der Waals surface area contributed by atoms with E-state index in [1.165, 1.54) is 0 Å². The number of carbonyl (C=O) groups is 1. The zero-order valence-electron chi connectivity index (χ0n) is 4.88. The summed E-state index contributed by atoms with van der Waals surface area (Å²) in [5, 5.41) is 7.72. The van der Waals surface area contributed by atoms with Crippen molar-refractivity contribution in [2.75, 3.05) is 0 Å². The van der Waals surface area contributed by atoms with Crippen molar-refractivity contribution in [2.45, 2.75) is 13.3 Å². The number of aliphatic carboxylic acids is 1. The molecule has 5 N–H and O–H groups in total. The first-order valence-electron chi connectivity index (χ1n) is 1.49. The normalized spacial score (nSPS) is 4.11. The molecule has 0 amide bonds. The lowest BCUT2D eigenvalue weighted by molar-refractivity contribution is -0.136. The molecule has 0 aromatic carbocycles. The molecule has 0 rings (SSSR count). The third-order valence-electron chi connectivity index (χ3n) is 0.302. The summed E-state index contributed by atoms with van der Waals surface area (Å²) < 4.78 is 0. The van der Waals surface area contributed by atoms with Gasteiger partial charge in [0.15, 0.2) is 0 Å². The highest BCUT2D eigenvalue weighted by atomic mass is 35.5. The van der Waals surface area contributed by atoms with Gasteiger partial charge < -0.3 is 16.1 Å². The van der Waals surface area contributed by atoms with Crippen molar-refractivity contribution in [3.05, 3.63) is 0 Å². The number of rotatable bonds is 1. The van der Waals surface area contributed by atoms with Crippen LogP contribution in [-0.2, 0) is 4.79 Å². The molecule has 0 saturated carbocycles. The van der Waals surface area contributed by atoms with E-state index >= 15 is 0 Å². The summed E-state index contributed by atoms with van der Waals surface area (Å²) in [6.07, 6.45) is 0.222. The van der Waals surface area contributed by atoms with Gasteiger partial charge in [-0.15, -0.1) is 24.8 Å². The summed E-state index contributed by atoms with van der Waals surface area (Å²) in [7, 11) is 0. The van der Waals surface area contributed by atoms with E-state index < -0.39 is 5.97 Å². The van der Waals surface area contributed by atoms with Crippen molar-refractivity contribution in [1.82, 2.24) is 0 Å². The van der Waals surface area contributed by atoms with Gasteiger partial charge in [0.1, 0.15) is 0 Å². The topological polar surface area (TPSA) is 100 Å². The van der Waals surface area contributed by atoms with E-state index in [4.69, 9.17) is 5.11 Å². The van der Waals surface area contributed by atoms with Gasteiger partial charge in [0.25, 0.3) is 0 Å². The zero-order valence-corrected chi connectivity index (χ0v) is 6.51. The number of carboxylic acid groups (broad SMARTS) is 1. The van der Waals surface area contributed by atoms with Gasteiger partial charge in [0, 0.05) is 6.42 Å². The van der Waals surface area contributed by atoms with Gasteiger partial charge >= 0.3 is 5.97 Å². The molecular formula is C3H12Cl2O4. The molecule has 0 aromatic rings. The molecule has 0 bridgehead atoms. The van der Waals surface area contributed by atoms with Gasteiger partial charge in [-0.25, -0.2) is 0 Å². The number of halogens is 2. The summed E-state index contributed by atoms with van der Waals surface area (Å²) >= 11 is 0. The Morgan fingerprint density at radius 1 is 1.33 bits per heavy atom. The van der Waals surface area contributed by atoms with E-state index in [1.54, 1.807) is 6.92 Å². The van der Waals surface area contributed by atoms with Crippen LogP contribution in [0.4, 0.5) is 0 Å². The predicted octanol–water partition coefficient (Wildman–Crippen LogP) is -0.325. The van der Waals surface area contributed by atoms with Crippen LogP contribution in [0.3, 0.4) is 0 Å². The number of hydrogen-bond acceptors (Lipinski definition) is 1. The Morgan fingerprint density at radius 3 is 1.44 bits per heavy atom. The lowest BCUT2D eigenvalue weighted by atomic mass is 10.5. The quantitative estimate of drug-likeness (QED) is 0.601. The fraction of sp³-hybridized carbons (Fsp3) is 0.667. The Bertz CT molecular complexity index is 49.1.